The Morgan fingerprint density at radius 3 is 2.25 bits per heavy atom. The number of hydrogen-bond donors (Lipinski definition) is 0. The Kier molecular flexibility index (Phi) is 6.60. The topological polar surface area (TPSA) is 51.0 Å². The van der Waals surface area contributed by atoms with Crippen LogP contribution in [0.4, 0.5) is 10.2 Å². The zero-order chi connectivity index (χ0) is 25.1. The minimum atomic E-state index is -0.334. The molecule has 0 aliphatic heterocycles. The summed E-state index contributed by atoms with van der Waals surface area (Å²) in [4.78, 5) is 19.3. The number of nitrogens with zero attached hydrogens (tertiary/aromatic N) is 4. The maximum atomic E-state index is 13.8. The lowest BCUT2D eigenvalue weighted by molar-refractivity contribution is -0.117. The number of halogens is 2. The van der Waals surface area contributed by atoms with Crippen molar-refractivity contribution >= 4 is 23.3 Å². The number of carbonyl (C=O) groups excluding carboxylic acids is 1. The minimum absolute atomic E-state index is 0.123. The molecule has 36 heavy (non-hydrogen) atoms. The molecule has 0 aliphatic carbocycles. The number of hydrogen-bond acceptors (Lipinski definition) is 3. The fourth-order valence-corrected chi connectivity index (χ4v) is 4.31. The van der Waals surface area contributed by atoms with Crippen LogP contribution in [0, 0.1) is 5.82 Å². The number of pyridine rings is 1. The van der Waals surface area contributed by atoms with Crippen molar-refractivity contribution in [3.05, 3.63) is 120 Å². The van der Waals surface area contributed by atoms with Crippen LogP contribution in [-0.2, 0) is 11.2 Å². The summed E-state index contributed by atoms with van der Waals surface area (Å²) in [6, 6.07) is 26.8. The van der Waals surface area contributed by atoms with Gasteiger partial charge in [-0.15, -0.1) is 0 Å². The first kappa shape index (κ1) is 23.5. The number of para-hydroxylation sites is 1. The molecule has 5 rings (SSSR count). The molecular weight excluding hydrogens is 475 g/mol. The SMILES string of the molecule is CN(C(=O)Cc1ccccc1Cl)c1c(-c2ccncc2)c(-c2ccc(F)cc2)nn1-c1ccccc1. The van der Waals surface area contributed by atoms with Gasteiger partial charge in [0.05, 0.1) is 17.7 Å². The standard InChI is InChI=1S/C29H22ClFN4O/c1-34(26(36)19-22-7-5-6-10-25(22)30)29-27(20-15-17-32-18-16-20)28(21-11-13-23(31)14-12-21)33-35(29)24-8-3-2-4-9-24/h2-18H,19H2,1H3. The highest BCUT2D eigenvalue weighted by molar-refractivity contribution is 6.31. The zero-order valence-corrected chi connectivity index (χ0v) is 20.2. The molecule has 0 saturated heterocycles. The van der Waals surface area contributed by atoms with Crippen LogP contribution in [0.25, 0.3) is 28.1 Å². The van der Waals surface area contributed by atoms with Crippen LogP contribution >= 0.6 is 11.6 Å². The van der Waals surface area contributed by atoms with Gasteiger partial charge in [0.15, 0.2) is 0 Å². The van der Waals surface area contributed by atoms with Crippen LogP contribution in [0.1, 0.15) is 5.56 Å². The third-order valence-corrected chi connectivity index (χ3v) is 6.31. The first-order chi connectivity index (χ1) is 17.5. The molecule has 3 aromatic carbocycles. The van der Waals surface area contributed by atoms with Crippen molar-refractivity contribution in [3.63, 3.8) is 0 Å². The molecule has 0 bridgehead atoms. The quantitative estimate of drug-likeness (QED) is 0.266. The molecule has 0 fully saturated rings. The van der Waals surface area contributed by atoms with E-state index in [-0.39, 0.29) is 18.1 Å². The highest BCUT2D eigenvalue weighted by Crippen LogP contribution is 2.41. The number of carbonyl (C=O) groups is 1. The monoisotopic (exact) mass is 496 g/mol. The molecule has 0 unspecified atom stereocenters. The van der Waals surface area contributed by atoms with E-state index in [4.69, 9.17) is 16.7 Å². The molecule has 178 valence electrons. The number of likely N-dealkylation sites (N-methyl/N-ethyl adjacent to an activating group) is 1. The van der Waals surface area contributed by atoms with Gasteiger partial charge >= 0.3 is 0 Å². The van der Waals surface area contributed by atoms with Gasteiger partial charge in [-0.25, -0.2) is 9.07 Å². The van der Waals surface area contributed by atoms with Crippen LogP contribution in [-0.4, -0.2) is 27.7 Å². The van der Waals surface area contributed by atoms with Crippen molar-refractivity contribution in [2.24, 2.45) is 0 Å². The smallest absolute Gasteiger partial charge is 0.232 e. The fourth-order valence-electron chi connectivity index (χ4n) is 4.10. The number of benzene rings is 3. The molecule has 2 heterocycles. The lowest BCUT2D eigenvalue weighted by Gasteiger charge is -2.21. The van der Waals surface area contributed by atoms with E-state index < -0.39 is 0 Å². The van der Waals surface area contributed by atoms with Crippen LogP contribution in [0.3, 0.4) is 0 Å². The Labute approximate surface area is 213 Å². The van der Waals surface area contributed by atoms with Gasteiger partial charge in [0.1, 0.15) is 17.3 Å². The van der Waals surface area contributed by atoms with E-state index in [1.807, 2.05) is 60.7 Å². The van der Waals surface area contributed by atoms with Crippen LogP contribution < -0.4 is 4.90 Å². The van der Waals surface area contributed by atoms with E-state index in [0.717, 1.165) is 27.9 Å². The van der Waals surface area contributed by atoms with Gasteiger partial charge in [-0.3, -0.25) is 14.7 Å². The summed E-state index contributed by atoms with van der Waals surface area (Å²) in [5, 5.41) is 5.48. The Hall–Kier alpha value is -4.29. The van der Waals surface area contributed by atoms with E-state index in [1.165, 1.54) is 12.1 Å². The average Bonchev–Trinajstić information content (AvgIpc) is 3.31. The lowest BCUT2D eigenvalue weighted by Crippen LogP contribution is -2.30. The van der Waals surface area contributed by atoms with Crippen molar-refractivity contribution in [3.8, 4) is 28.1 Å². The summed E-state index contributed by atoms with van der Waals surface area (Å²) in [7, 11) is 1.73. The van der Waals surface area contributed by atoms with E-state index >= 15 is 0 Å². The molecule has 0 aliphatic rings. The van der Waals surface area contributed by atoms with Crippen LogP contribution in [0.2, 0.25) is 5.02 Å². The van der Waals surface area contributed by atoms with Gasteiger partial charge in [-0.2, -0.15) is 5.10 Å². The van der Waals surface area contributed by atoms with Crippen LogP contribution in [0.15, 0.2) is 103 Å². The summed E-state index contributed by atoms with van der Waals surface area (Å²) in [6.07, 6.45) is 3.51. The summed E-state index contributed by atoms with van der Waals surface area (Å²) in [5.41, 5.74) is 4.45. The summed E-state index contributed by atoms with van der Waals surface area (Å²) in [6.45, 7) is 0. The number of anilines is 1. The first-order valence-electron chi connectivity index (χ1n) is 11.4. The zero-order valence-electron chi connectivity index (χ0n) is 19.5. The van der Waals surface area contributed by atoms with Gasteiger partial charge < -0.3 is 0 Å². The average molecular weight is 497 g/mol. The van der Waals surface area contributed by atoms with Gasteiger partial charge in [0, 0.05) is 30.0 Å². The molecule has 0 radical (unpaired) electrons. The van der Waals surface area contributed by atoms with E-state index in [9.17, 15) is 9.18 Å². The molecule has 0 atom stereocenters. The van der Waals surface area contributed by atoms with Crippen molar-refractivity contribution in [2.45, 2.75) is 6.42 Å². The Bertz CT molecular complexity index is 1500. The molecule has 5 aromatic rings. The first-order valence-corrected chi connectivity index (χ1v) is 11.8. The van der Waals surface area contributed by atoms with Crippen molar-refractivity contribution < 1.29 is 9.18 Å². The van der Waals surface area contributed by atoms with Crippen molar-refractivity contribution in [2.75, 3.05) is 11.9 Å². The molecule has 7 heteroatoms. The molecule has 0 saturated carbocycles. The molecule has 0 N–H and O–H groups in total. The predicted molar refractivity (Wildman–Crippen MR) is 141 cm³/mol. The second kappa shape index (κ2) is 10.1. The molecule has 2 aromatic heterocycles. The highest BCUT2D eigenvalue weighted by atomic mass is 35.5. The number of rotatable bonds is 6. The van der Waals surface area contributed by atoms with Crippen molar-refractivity contribution in [1.29, 1.82) is 0 Å². The van der Waals surface area contributed by atoms with Crippen LogP contribution in [0.5, 0.6) is 0 Å². The second-order valence-corrected chi connectivity index (χ2v) is 8.67. The minimum Gasteiger partial charge on any atom is -0.299 e. The van der Waals surface area contributed by atoms with Gasteiger partial charge in [0.2, 0.25) is 5.91 Å². The van der Waals surface area contributed by atoms with E-state index in [0.29, 0.717) is 16.5 Å². The summed E-state index contributed by atoms with van der Waals surface area (Å²) < 4.78 is 15.5. The fraction of sp³-hybridized carbons (Fsp3) is 0.0690. The van der Waals surface area contributed by atoms with Gasteiger partial charge in [0.25, 0.3) is 0 Å². The second-order valence-electron chi connectivity index (χ2n) is 8.26. The van der Waals surface area contributed by atoms with Gasteiger partial charge in [-0.1, -0.05) is 48.0 Å². The Balaban J connectivity index is 1.72. The Morgan fingerprint density at radius 2 is 1.56 bits per heavy atom. The maximum Gasteiger partial charge on any atom is 0.232 e. The van der Waals surface area contributed by atoms with E-state index in [2.05, 4.69) is 4.98 Å². The number of aromatic nitrogens is 3. The molecule has 5 nitrogen and oxygen atoms in total. The third-order valence-electron chi connectivity index (χ3n) is 5.94. The summed E-state index contributed by atoms with van der Waals surface area (Å²) in [5.74, 6) is 0.101. The molecular formula is C29H22ClFN4O. The molecule has 1 amide bonds. The van der Waals surface area contributed by atoms with Gasteiger partial charge in [-0.05, 0) is 65.7 Å². The maximum absolute atomic E-state index is 13.8. The molecule has 0 spiro atoms. The summed E-state index contributed by atoms with van der Waals surface area (Å²) >= 11 is 6.34. The van der Waals surface area contributed by atoms with Crippen molar-refractivity contribution in [1.82, 2.24) is 14.8 Å². The highest BCUT2D eigenvalue weighted by Gasteiger charge is 2.27. The van der Waals surface area contributed by atoms with E-state index in [1.54, 1.807) is 47.2 Å². The number of amides is 1. The third kappa shape index (κ3) is 4.63. The lowest BCUT2D eigenvalue weighted by atomic mass is 10.0. The predicted octanol–water partition coefficient (Wildman–Crippen LogP) is 6.60. The largest absolute Gasteiger partial charge is 0.299 e. The normalized spacial score (nSPS) is 10.9. The Morgan fingerprint density at radius 1 is 0.889 bits per heavy atom.